The quantitative estimate of drug-likeness (QED) is 0.0810. The van der Waals surface area contributed by atoms with Crippen molar-refractivity contribution in [2.24, 2.45) is 22.9 Å². The number of carboxylic acids is 1. The molecule has 0 saturated heterocycles. The molecule has 1 aromatic rings. The van der Waals surface area contributed by atoms with E-state index in [1.54, 1.807) is 12.1 Å². The number of carboxylic acid groups (broad SMARTS) is 1. The van der Waals surface area contributed by atoms with Gasteiger partial charge in [0.1, 0.15) is 23.9 Å². The first-order valence-corrected chi connectivity index (χ1v) is 13.3. The van der Waals surface area contributed by atoms with Gasteiger partial charge in [-0.2, -0.15) is 0 Å². The molecule has 4 unspecified atom stereocenters. The summed E-state index contributed by atoms with van der Waals surface area (Å²) in [7, 11) is 0. The Hall–Kier alpha value is -3.75. The van der Waals surface area contributed by atoms with Crippen molar-refractivity contribution in [3.8, 4) is 5.75 Å². The standard InChI is InChI=1S/C26H43N7O7/c27-13-3-1-5-18(29)23(36)33-21(15-16-7-9-17(34)10-8-16)25(38)31-19(6-2-4-14-28)24(37)32-20(26(39)40)11-12-22(30)35/h7-10,18-21,34H,1-6,11-15,27-29H2,(H2,30,35)(H,31,38)(H,32,37)(H,33,36)(H,39,40). The fraction of sp³-hybridized carbons (Fsp3) is 0.577. The van der Waals surface area contributed by atoms with Gasteiger partial charge in [-0.3, -0.25) is 19.2 Å². The Morgan fingerprint density at radius 3 is 1.80 bits per heavy atom. The smallest absolute Gasteiger partial charge is 0.326 e. The maximum atomic E-state index is 13.4. The second-order valence-electron chi connectivity index (χ2n) is 9.57. The largest absolute Gasteiger partial charge is 0.508 e. The first-order chi connectivity index (χ1) is 19.0. The van der Waals surface area contributed by atoms with Crippen molar-refractivity contribution >= 4 is 29.6 Å². The van der Waals surface area contributed by atoms with E-state index in [1.807, 2.05) is 0 Å². The molecule has 0 aliphatic carbocycles. The number of carbonyl (C=O) groups is 5. The van der Waals surface area contributed by atoms with E-state index >= 15 is 0 Å². The van der Waals surface area contributed by atoms with Crippen molar-refractivity contribution in [2.45, 2.75) is 82.0 Å². The summed E-state index contributed by atoms with van der Waals surface area (Å²) in [4.78, 5) is 62.0. The highest BCUT2D eigenvalue weighted by atomic mass is 16.4. The molecule has 14 nitrogen and oxygen atoms in total. The molecule has 13 N–H and O–H groups in total. The van der Waals surface area contributed by atoms with Gasteiger partial charge in [0, 0.05) is 12.8 Å². The van der Waals surface area contributed by atoms with Gasteiger partial charge in [-0.15, -0.1) is 0 Å². The molecule has 4 amide bonds. The predicted molar refractivity (Wildman–Crippen MR) is 147 cm³/mol. The Bertz CT molecular complexity index is 975. The Morgan fingerprint density at radius 2 is 1.25 bits per heavy atom. The molecule has 1 rings (SSSR count). The molecular formula is C26H43N7O7. The third kappa shape index (κ3) is 13.4. The summed E-state index contributed by atoms with van der Waals surface area (Å²) < 4.78 is 0. The lowest BCUT2D eigenvalue weighted by atomic mass is 10.0. The van der Waals surface area contributed by atoms with Crippen LogP contribution in [0.15, 0.2) is 24.3 Å². The van der Waals surface area contributed by atoms with Gasteiger partial charge < -0.3 is 49.1 Å². The average molecular weight is 566 g/mol. The van der Waals surface area contributed by atoms with Crippen molar-refractivity contribution < 1.29 is 34.2 Å². The van der Waals surface area contributed by atoms with Gasteiger partial charge in [0.05, 0.1) is 6.04 Å². The van der Waals surface area contributed by atoms with Crippen LogP contribution in [0.5, 0.6) is 5.75 Å². The number of carbonyl (C=O) groups excluding carboxylic acids is 4. The Labute approximate surface area is 233 Å². The highest BCUT2D eigenvalue weighted by Gasteiger charge is 2.30. The van der Waals surface area contributed by atoms with Crippen LogP contribution in [-0.2, 0) is 30.4 Å². The molecule has 0 saturated carbocycles. The van der Waals surface area contributed by atoms with Crippen LogP contribution < -0.4 is 38.9 Å². The van der Waals surface area contributed by atoms with Crippen molar-refractivity contribution in [2.75, 3.05) is 13.1 Å². The number of primary amides is 1. The minimum atomic E-state index is -1.40. The molecule has 4 atom stereocenters. The number of hydrogen-bond donors (Lipinski definition) is 9. The summed E-state index contributed by atoms with van der Waals surface area (Å²) in [5.74, 6) is -4.07. The van der Waals surface area contributed by atoms with Gasteiger partial charge in [-0.25, -0.2) is 4.79 Å². The summed E-state index contributed by atoms with van der Waals surface area (Å²) in [5, 5.41) is 26.7. The second-order valence-corrected chi connectivity index (χ2v) is 9.57. The SMILES string of the molecule is NCCCCC(N)C(=O)NC(Cc1ccc(O)cc1)C(=O)NC(CCCCN)C(=O)NC(CCC(N)=O)C(=O)O. The molecular weight excluding hydrogens is 522 g/mol. The molecule has 0 aromatic heterocycles. The van der Waals surface area contributed by atoms with Crippen LogP contribution >= 0.6 is 0 Å². The zero-order chi connectivity index (χ0) is 30.1. The zero-order valence-electron chi connectivity index (χ0n) is 22.6. The Kier molecular flexibility index (Phi) is 15.9. The fourth-order valence-electron chi connectivity index (χ4n) is 3.85. The van der Waals surface area contributed by atoms with Gasteiger partial charge in [0.25, 0.3) is 0 Å². The topological polar surface area (TPSA) is 266 Å². The number of phenolic OH excluding ortho intramolecular Hbond substituents is 1. The van der Waals surface area contributed by atoms with E-state index in [4.69, 9.17) is 22.9 Å². The van der Waals surface area contributed by atoms with Gasteiger partial charge in [0.15, 0.2) is 0 Å². The van der Waals surface area contributed by atoms with E-state index in [0.717, 1.165) is 0 Å². The van der Waals surface area contributed by atoms with Crippen LogP contribution in [0, 0.1) is 0 Å². The summed E-state index contributed by atoms with van der Waals surface area (Å²) in [6.45, 7) is 0.805. The molecule has 0 bridgehead atoms. The molecule has 224 valence electrons. The first-order valence-electron chi connectivity index (χ1n) is 13.3. The number of unbranched alkanes of at least 4 members (excludes halogenated alkanes) is 2. The monoisotopic (exact) mass is 565 g/mol. The predicted octanol–water partition coefficient (Wildman–Crippen LogP) is -1.68. The van der Waals surface area contributed by atoms with Crippen molar-refractivity contribution in [1.82, 2.24) is 16.0 Å². The number of phenols is 1. The molecule has 0 radical (unpaired) electrons. The van der Waals surface area contributed by atoms with Gasteiger partial charge in [-0.05, 0) is 69.3 Å². The average Bonchev–Trinajstić information content (AvgIpc) is 2.90. The number of aliphatic carboxylic acids is 1. The number of nitrogens with one attached hydrogen (secondary N) is 3. The van der Waals surface area contributed by atoms with Crippen LogP contribution in [-0.4, -0.2) is 77.1 Å². The van der Waals surface area contributed by atoms with E-state index in [1.165, 1.54) is 12.1 Å². The zero-order valence-corrected chi connectivity index (χ0v) is 22.6. The van der Waals surface area contributed by atoms with Crippen LogP contribution in [0.2, 0.25) is 0 Å². The molecule has 0 aliphatic heterocycles. The number of nitrogens with two attached hydrogens (primary N) is 4. The Morgan fingerprint density at radius 1 is 0.725 bits per heavy atom. The van der Waals surface area contributed by atoms with E-state index in [0.29, 0.717) is 50.8 Å². The third-order valence-corrected chi connectivity index (χ3v) is 6.19. The number of aromatic hydroxyl groups is 1. The van der Waals surface area contributed by atoms with Crippen LogP contribution in [0.25, 0.3) is 0 Å². The molecule has 0 fully saturated rings. The van der Waals surface area contributed by atoms with Crippen molar-refractivity contribution in [1.29, 1.82) is 0 Å². The molecule has 1 aromatic carbocycles. The Balaban J connectivity index is 3.11. The second kappa shape index (κ2) is 18.5. The van der Waals surface area contributed by atoms with Crippen LogP contribution in [0.1, 0.15) is 56.9 Å². The molecule has 0 spiro atoms. The van der Waals surface area contributed by atoms with Crippen LogP contribution in [0.3, 0.4) is 0 Å². The summed E-state index contributed by atoms with van der Waals surface area (Å²) in [6, 6.07) is 1.49. The van der Waals surface area contributed by atoms with Crippen LogP contribution in [0.4, 0.5) is 0 Å². The van der Waals surface area contributed by atoms with Crippen molar-refractivity contribution in [3.63, 3.8) is 0 Å². The fourth-order valence-corrected chi connectivity index (χ4v) is 3.85. The number of hydrogen-bond acceptors (Lipinski definition) is 9. The number of amides is 4. The van der Waals surface area contributed by atoms with E-state index in [9.17, 15) is 34.2 Å². The normalized spacial score (nSPS) is 13.9. The highest BCUT2D eigenvalue weighted by molar-refractivity contribution is 5.94. The summed E-state index contributed by atoms with van der Waals surface area (Å²) >= 11 is 0. The number of benzene rings is 1. The minimum absolute atomic E-state index is 0.0247. The van der Waals surface area contributed by atoms with E-state index < -0.39 is 53.8 Å². The van der Waals surface area contributed by atoms with Crippen molar-refractivity contribution in [3.05, 3.63) is 29.8 Å². The van der Waals surface area contributed by atoms with E-state index in [2.05, 4.69) is 16.0 Å². The lowest BCUT2D eigenvalue weighted by Crippen LogP contribution is -2.57. The maximum absolute atomic E-state index is 13.4. The van der Waals surface area contributed by atoms with E-state index in [-0.39, 0.29) is 31.4 Å². The minimum Gasteiger partial charge on any atom is -0.508 e. The van der Waals surface area contributed by atoms with Gasteiger partial charge >= 0.3 is 5.97 Å². The lowest BCUT2D eigenvalue weighted by Gasteiger charge is -2.25. The third-order valence-electron chi connectivity index (χ3n) is 6.19. The summed E-state index contributed by atoms with van der Waals surface area (Å²) in [6.07, 6.45) is 2.39. The van der Waals surface area contributed by atoms with Gasteiger partial charge in [0.2, 0.25) is 23.6 Å². The lowest BCUT2D eigenvalue weighted by molar-refractivity contribution is -0.142. The number of rotatable bonds is 20. The molecule has 0 heterocycles. The summed E-state index contributed by atoms with van der Waals surface area (Å²) in [5.41, 5.74) is 22.8. The van der Waals surface area contributed by atoms with Gasteiger partial charge in [-0.1, -0.05) is 18.6 Å². The first kappa shape index (κ1) is 34.3. The molecule has 40 heavy (non-hydrogen) atoms. The highest BCUT2D eigenvalue weighted by Crippen LogP contribution is 2.13. The molecule has 14 heteroatoms. The molecule has 0 aliphatic rings. The maximum Gasteiger partial charge on any atom is 0.326 e.